The first-order valence-corrected chi connectivity index (χ1v) is 8.28. The number of benzene rings is 2. The first kappa shape index (κ1) is 16.3. The van der Waals surface area contributed by atoms with Gasteiger partial charge < -0.3 is 5.32 Å². The molecule has 0 saturated heterocycles. The third-order valence-electron chi connectivity index (χ3n) is 3.55. The SMILES string of the molecule is CC(C)(C)NCC(Cc1ccc(Br)cc1)c1ccccc1. The van der Waals surface area contributed by atoms with Crippen LogP contribution in [0, 0.1) is 0 Å². The lowest BCUT2D eigenvalue weighted by Gasteiger charge is -2.26. The van der Waals surface area contributed by atoms with Crippen molar-refractivity contribution in [2.75, 3.05) is 6.54 Å². The van der Waals surface area contributed by atoms with Gasteiger partial charge in [-0.05, 0) is 50.5 Å². The van der Waals surface area contributed by atoms with Crippen LogP contribution in [0.5, 0.6) is 0 Å². The maximum absolute atomic E-state index is 3.64. The van der Waals surface area contributed by atoms with E-state index in [1.165, 1.54) is 11.1 Å². The summed E-state index contributed by atoms with van der Waals surface area (Å²) in [5.74, 6) is 0.492. The molecule has 0 aliphatic heterocycles. The second kappa shape index (κ2) is 7.24. The van der Waals surface area contributed by atoms with Crippen LogP contribution < -0.4 is 5.32 Å². The first-order valence-electron chi connectivity index (χ1n) is 7.48. The summed E-state index contributed by atoms with van der Waals surface area (Å²) in [7, 11) is 0. The molecule has 2 rings (SSSR count). The van der Waals surface area contributed by atoms with E-state index >= 15 is 0 Å². The van der Waals surface area contributed by atoms with Crippen LogP contribution in [0.4, 0.5) is 0 Å². The summed E-state index contributed by atoms with van der Waals surface area (Å²) in [6.45, 7) is 7.64. The maximum Gasteiger partial charge on any atom is 0.0175 e. The zero-order chi connectivity index (χ0) is 15.3. The molecule has 1 N–H and O–H groups in total. The summed E-state index contributed by atoms with van der Waals surface area (Å²) in [6, 6.07) is 19.4. The van der Waals surface area contributed by atoms with Crippen LogP contribution in [-0.2, 0) is 6.42 Å². The second-order valence-electron chi connectivity index (χ2n) is 6.57. The molecule has 0 bridgehead atoms. The predicted octanol–water partition coefficient (Wildman–Crippen LogP) is 5.16. The molecule has 0 radical (unpaired) electrons. The van der Waals surface area contributed by atoms with Gasteiger partial charge in [-0.1, -0.05) is 58.4 Å². The number of hydrogen-bond acceptors (Lipinski definition) is 1. The molecule has 2 heteroatoms. The van der Waals surface area contributed by atoms with E-state index < -0.39 is 0 Å². The van der Waals surface area contributed by atoms with Crippen LogP contribution in [0.15, 0.2) is 59.1 Å². The van der Waals surface area contributed by atoms with E-state index in [1.807, 2.05) is 0 Å². The van der Waals surface area contributed by atoms with E-state index in [0.29, 0.717) is 5.92 Å². The van der Waals surface area contributed by atoms with Gasteiger partial charge in [0.15, 0.2) is 0 Å². The highest BCUT2D eigenvalue weighted by atomic mass is 79.9. The molecule has 0 spiro atoms. The first-order chi connectivity index (χ1) is 9.94. The van der Waals surface area contributed by atoms with Gasteiger partial charge in [-0.2, -0.15) is 0 Å². The third-order valence-corrected chi connectivity index (χ3v) is 4.07. The molecule has 0 saturated carbocycles. The fraction of sp³-hybridized carbons (Fsp3) is 0.368. The lowest BCUT2D eigenvalue weighted by molar-refractivity contribution is 0.405. The molecule has 1 nitrogen and oxygen atoms in total. The minimum atomic E-state index is 0.146. The van der Waals surface area contributed by atoms with E-state index in [-0.39, 0.29) is 5.54 Å². The van der Waals surface area contributed by atoms with Crippen molar-refractivity contribution in [1.82, 2.24) is 5.32 Å². The summed E-state index contributed by atoms with van der Waals surface area (Å²) in [4.78, 5) is 0. The van der Waals surface area contributed by atoms with Crippen LogP contribution >= 0.6 is 15.9 Å². The molecule has 0 aliphatic carbocycles. The number of nitrogens with one attached hydrogen (secondary N) is 1. The molecule has 0 fully saturated rings. The average Bonchev–Trinajstić information content (AvgIpc) is 2.45. The van der Waals surface area contributed by atoms with E-state index in [2.05, 4.69) is 96.6 Å². The fourth-order valence-corrected chi connectivity index (χ4v) is 2.63. The van der Waals surface area contributed by atoms with Gasteiger partial charge in [0.25, 0.3) is 0 Å². The standard InChI is InChI=1S/C19H24BrN/c1-19(2,3)21-14-17(16-7-5-4-6-8-16)13-15-9-11-18(20)12-10-15/h4-12,17,21H,13-14H2,1-3H3. The molecule has 0 amide bonds. The zero-order valence-electron chi connectivity index (χ0n) is 13.1. The van der Waals surface area contributed by atoms with Gasteiger partial charge in [0.2, 0.25) is 0 Å². The Morgan fingerprint density at radius 2 is 1.57 bits per heavy atom. The van der Waals surface area contributed by atoms with Crippen molar-refractivity contribution in [3.8, 4) is 0 Å². The van der Waals surface area contributed by atoms with Crippen molar-refractivity contribution < 1.29 is 0 Å². The van der Waals surface area contributed by atoms with Gasteiger partial charge in [-0.3, -0.25) is 0 Å². The van der Waals surface area contributed by atoms with Gasteiger partial charge in [-0.25, -0.2) is 0 Å². The van der Waals surface area contributed by atoms with Gasteiger partial charge in [0, 0.05) is 22.5 Å². The second-order valence-corrected chi connectivity index (χ2v) is 7.48. The minimum Gasteiger partial charge on any atom is -0.311 e. The molecule has 112 valence electrons. The Balaban J connectivity index is 2.13. The topological polar surface area (TPSA) is 12.0 Å². The largest absolute Gasteiger partial charge is 0.311 e. The van der Waals surface area contributed by atoms with Crippen molar-refractivity contribution in [3.05, 3.63) is 70.2 Å². The third kappa shape index (κ3) is 5.64. The van der Waals surface area contributed by atoms with Crippen LogP contribution in [0.25, 0.3) is 0 Å². The Morgan fingerprint density at radius 3 is 2.14 bits per heavy atom. The minimum absolute atomic E-state index is 0.146. The van der Waals surface area contributed by atoms with Crippen molar-refractivity contribution in [2.45, 2.75) is 38.6 Å². The Morgan fingerprint density at radius 1 is 0.952 bits per heavy atom. The molecule has 0 heterocycles. The smallest absolute Gasteiger partial charge is 0.0175 e. The van der Waals surface area contributed by atoms with Crippen molar-refractivity contribution in [1.29, 1.82) is 0 Å². The molecule has 2 aromatic rings. The molecule has 21 heavy (non-hydrogen) atoms. The zero-order valence-corrected chi connectivity index (χ0v) is 14.7. The van der Waals surface area contributed by atoms with E-state index in [1.54, 1.807) is 0 Å². The Labute approximate surface area is 136 Å². The normalized spacial score (nSPS) is 13.1. The highest BCUT2D eigenvalue weighted by Crippen LogP contribution is 2.22. The number of halogens is 1. The molecule has 0 aromatic heterocycles. The molecular weight excluding hydrogens is 322 g/mol. The molecule has 2 aromatic carbocycles. The summed E-state index contributed by atoms with van der Waals surface area (Å²) in [6.07, 6.45) is 1.06. The number of rotatable bonds is 5. The van der Waals surface area contributed by atoms with Crippen LogP contribution in [0.1, 0.15) is 37.8 Å². The van der Waals surface area contributed by atoms with Crippen LogP contribution in [0.2, 0.25) is 0 Å². The van der Waals surface area contributed by atoms with Crippen molar-refractivity contribution in [3.63, 3.8) is 0 Å². The average molecular weight is 346 g/mol. The van der Waals surface area contributed by atoms with Gasteiger partial charge in [0.1, 0.15) is 0 Å². The summed E-state index contributed by atoms with van der Waals surface area (Å²) < 4.78 is 1.13. The highest BCUT2D eigenvalue weighted by Gasteiger charge is 2.16. The van der Waals surface area contributed by atoms with E-state index in [0.717, 1.165) is 17.4 Å². The quantitative estimate of drug-likeness (QED) is 0.788. The fourth-order valence-electron chi connectivity index (χ4n) is 2.37. The molecule has 1 unspecified atom stereocenters. The summed E-state index contributed by atoms with van der Waals surface area (Å²) in [5, 5.41) is 3.64. The van der Waals surface area contributed by atoms with E-state index in [9.17, 15) is 0 Å². The maximum atomic E-state index is 3.64. The monoisotopic (exact) mass is 345 g/mol. The summed E-state index contributed by atoms with van der Waals surface area (Å²) >= 11 is 3.50. The van der Waals surface area contributed by atoms with Gasteiger partial charge >= 0.3 is 0 Å². The van der Waals surface area contributed by atoms with Crippen LogP contribution in [-0.4, -0.2) is 12.1 Å². The Bertz CT molecular complexity index is 540. The van der Waals surface area contributed by atoms with Gasteiger partial charge in [0.05, 0.1) is 0 Å². The molecule has 1 atom stereocenters. The van der Waals surface area contributed by atoms with Gasteiger partial charge in [-0.15, -0.1) is 0 Å². The van der Waals surface area contributed by atoms with Crippen molar-refractivity contribution >= 4 is 15.9 Å². The van der Waals surface area contributed by atoms with E-state index in [4.69, 9.17) is 0 Å². The lowest BCUT2D eigenvalue weighted by Crippen LogP contribution is -2.39. The lowest BCUT2D eigenvalue weighted by atomic mass is 9.91. The Hall–Kier alpha value is -1.12. The Kier molecular flexibility index (Phi) is 5.60. The van der Waals surface area contributed by atoms with Crippen molar-refractivity contribution in [2.24, 2.45) is 0 Å². The number of hydrogen-bond donors (Lipinski definition) is 1. The molecule has 0 aliphatic rings. The summed E-state index contributed by atoms with van der Waals surface area (Å²) in [5.41, 5.74) is 2.92. The highest BCUT2D eigenvalue weighted by molar-refractivity contribution is 9.10. The predicted molar refractivity (Wildman–Crippen MR) is 94.8 cm³/mol. The molecular formula is C19H24BrN. The van der Waals surface area contributed by atoms with Crippen LogP contribution in [0.3, 0.4) is 0 Å².